The molecule has 0 aliphatic heterocycles. The van der Waals surface area contributed by atoms with Crippen molar-refractivity contribution in [2.45, 2.75) is 13.0 Å². The van der Waals surface area contributed by atoms with Crippen LogP contribution in [0.3, 0.4) is 0 Å². The van der Waals surface area contributed by atoms with Crippen molar-refractivity contribution >= 4 is 5.65 Å². The Morgan fingerprint density at radius 2 is 2.33 bits per heavy atom. The van der Waals surface area contributed by atoms with Crippen molar-refractivity contribution in [2.75, 3.05) is 0 Å². The molecule has 2 aromatic heterocycles. The molecule has 0 aliphatic rings. The monoisotopic (exact) mass is 162 g/mol. The first-order valence-electron chi connectivity index (χ1n) is 3.89. The molecule has 3 heteroatoms. The highest BCUT2D eigenvalue weighted by Crippen LogP contribution is 2.13. The lowest BCUT2D eigenvalue weighted by atomic mass is 10.3. The molecule has 0 unspecified atom stereocenters. The third kappa shape index (κ3) is 0.987. The normalized spacial score (nSPS) is 13.5. The number of rotatable bonds is 1. The van der Waals surface area contributed by atoms with Crippen molar-refractivity contribution in [3.63, 3.8) is 0 Å². The van der Waals surface area contributed by atoms with E-state index < -0.39 is 6.10 Å². The molecule has 0 aromatic carbocycles. The summed E-state index contributed by atoms with van der Waals surface area (Å²) in [6, 6.07) is 5.75. The molecule has 2 rings (SSSR count). The molecule has 0 aliphatic carbocycles. The van der Waals surface area contributed by atoms with Gasteiger partial charge in [0, 0.05) is 6.20 Å². The summed E-state index contributed by atoms with van der Waals surface area (Å²) in [7, 11) is 0. The van der Waals surface area contributed by atoms with E-state index in [0.717, 1.165) is 11.3 Å². The van der Waals surface area contributed by atoms with Crippen LogP contribution < -0.4 is 0 Å². The molecule has 1 atom stereocenters. The van der Waals surface area contributed by atoms with Crippen LogP contribution in [-0.2, 0) is 0 Å². The van der Waals surface area contributed by atoms with Gasteiger partial charge in [0.15, 0.2) is 0 Å². The Morgan fingerprint density at radius 3 is 3.08 bits per heavy atom. The minimum atomic E-state index is -0.470. The Bertz CT molecular complexity index is 392. The van der Waals surface area contributed by atoms with Crippen LogP contribution in [0.2, 0.25) is 0 Å². The van der Waals surface area contributed by atoms with Crippen LogP contribution in [0.15, 0.2) is 30.6 Å². The molecular weight excluding hydrogens is 152 g/mol. The zero-order valence-corrected chi connectivity index (χ0v) is 6.81. The van der Waals surface area contributed by atoms with Crippen LogP contribution in [0.5, 0.6) is 0 Å². The van der Waals surface area contributed by atoms with E-state index in [-0.39, 0.29) is 0 Å². The van der Waals surface area contributed by atoms with Crippen molar-refractivity contribution < 1.29 is 5.11 Å². The number of aliphatic hydroxyl groups is 1. The van der Waals surface area contributed by atoms with E-state index in [1.165, 1.54) is 0 Å². The first kappa shape index (κ1) is 7.31. The van der Waals surface area contributed by atoms with Gasteiger partial charge in [0.2, 0.25) is 0 Å². The first-order valence-corrected chi connectivity index (χ1v) is 3.89. The predicted molar refractivity (Wildman–Crippen MR) is 45.8 cm³/mol. The van der Waals surface area contributed by atoms with Crippen LogP contribution in [-0.4, -0.2) is 14.5 Å². The van der Waals surface area contributed by atoms with Gasteiger partial charge in [-0.15, -0.1) is 0 Å². The Labute approximate surface area is 70.3 Å². The second-order valence-corrected chi connectivity index (χ2v) is 2.79. The Morgan fingerprint density at radius 1 is 1.50 bits per heavy atom. The molecule has 0 spiro atoms. The van der Waals surface area contributed by atoms with Gasteiger partial charge in [-0.1, -0.05) is 6.07 Å². The molecule has 2 aromatic rings. The summed E-state index contributed by atoms with van der Waals surface area (Å²) in [6.07, 6.45) is 3.12. The van der Waals surface area contributed by atoms with E-state index in [1.54, 1.807) is 13.1 Å². The van der Waals surface area contributed by atoms with Gasteiger partial charge in [-0.25, -0.2) is 4.98 Å². The number of aromatic nitrogens is 2. The molecule has 0 saturated carbocycles. The summed E-state index contributed by atoms with van der Waals surface area (Å²) in [6.45, 7) is 1.73. The quantitative estimate of drug-likeness (QED) is 0.688. The number of imidazole rings is 1. The Kier molecular flexibility index (Phi) is 1.59. The average Bonchev–Trinajstić information content (AvgIpc) is 2.47. The molecule has 2 heterocycles. The zero-order valence-electron chi connectivity index (χ0n) is 6.81. The number of fused-ring (bicyclic) bond motifs is 1. The lowest BCUT2D eigenvalue weighted by Crippen LogP contribution is -1.95. The molecule has 0 bridgehead atoms. The molecule has 1 N–H and O–H groups in total. The van der Waals surface area contributed by atoms with Gasteiger partial charge >= 0.3 is 0 Å². The fourth-order valence-electron chi connectivity index (χ4n) is 1.26. The van der Waals surface area contributed by atoms with Crippen LogP contribution in [0.1, 0.15) is 18.7 Å². The molecule has 0 amide bonds. The van der Waals surface area contributed by atoms with Crippen LogP contribution >= 0.6 is 0 Å². The van der Waals surface area contributed by atoms with Gasteiger partial charge in [-0.2, -0.15) is 0 Å². The molecule has 62 valence electrons. The number of aliphatic hydroxyl groups excluding tert-OH is 1. The van der Waals surface area contributed by atoms with E-state index >= 15 is 0 Å². The average molecular weight is 162 g/mol. The lowest BCUT2D eigenvalue weighted by Gasteiger charge is -2.02. The van der Waals surface area contributed by atoms with Gasteiger partial charge in [0.1, 0.15) is 5.65 Å². The highest BCUT2D eigenvalue weighted by molar-refractivity contribution is 5.40. The summed E-state index contributed by atoms with van der Waals surface area (Å²) in [4.78, 5) is 4.14. The Balaban J connectivity index is 2.70. The minimum absolute atomic E-state index is 0.470. The van der Waals surface area contributed by atoms with Gasteiger partial charge in [0.25, 0.3) is 0 Å². The highest BCUT2D eigenvalue weighted by Gasteiger charge is 2.06. The summed E-state index contributed by atoms with van der Waals surface area (Å²) >= 11 is 0. The van der Waals surface area contributed by atoms with E-state index in [9.17, 15) is 5.11 Å². The predicted octanol–water partition coefficient (Wildman–Crippen LogP) is 1.39. The van der Waals surface area contributed by atoms with Crippen LogP contribution in [0.25, 0.3) is 5.65 Å². The third-order valence-corrected chi connectivity index (χ3v) is 1.87. The first-order chi connectivity index (χ1) is 5.79. The molecule has 0 saturated heterocycles. The Hall–Kier alpha value is -1.35. The van der Waals surface area contributed by atoms with Gasteiger partial charge < -0.3 is 9.51 Å². The minimum Gasteiger partial charge on any atom is -0.387 e. The van der Waals surface area contributed by atoms with Crippen molar-refractivity contribution in [2.24, 2.45) is 0 Å². The highest BCUT2D eigenvalue weighted by atomic mass is 16.3. The summed E-state index contributed by atoms with van der Waals surface area (Å²) < 4.78 is 1.88. The molecular formula is C9H10N2O. The largest absolute Gasteiger partial charge is 0.387 e. The van der Waals surface area contributed by atoms with Gasteiger partial charge in [0.05, 0.1) is 18.0 Å². The van der Waals surface area contributed by atoms with Crippen molar-refractivity contribution in [1.29, 1.82) is 0 Å². The fourth-order valence-corrected chi connectivity index (χ4v) is 1.26. The van der Waals surface area contributed by atoms with Gasteiger partial charge in [-0.3, -0.25) is 0 Å². The van der Waals surface area contributed by atoms with E-state index in [0.29, 0.717) is 0 Å². The fraction of sp³-hybridized carbons (Fsp3) is 0.222. The maximum Gasteiger partial charge on any atom is 0.136 e. The SMILES string of the molecule is C[C@H](O)c1cnc2ccccn12. The van der Waals surface area contributed by atoms with E-state index in [4.69, 9.17) is 0 Å². The standard InChI is InChI=1S/C9H10N2O/c1-7(12)8-6-10-9-4-2-3-5-11(8)9/h2-7,12H,1H3/t7-/m0/s1. The van der Waals surface area contributed by atoms with E-state index in [2.05, 4.69) is 4.98 Å². The molecule has 3 nitrogen and oxygen atoms in total. The third-order valence-electron chi connectivity index (χ3n) is 1.87. The van der Waals surface area contributed by atoms with Crippen LogP contribution in [0, 0.1) is 0 Å². The number of pyridine rings is 1. The lowest BCUT2D eigenvalue weighted by molar-refractivity contribution is 0.193. The molecule has 0 radical (unpaired) electrons. The smallest absolute Gasteiger partial charge is 0.136 e. The summed E-state index contributed by atoms with van der Waals surface area (Å²) in [5, 5.41) is 9.35. The van der Waals surface area contributed by atoms with Crippen molar-refractivity contribution in [3.05, 3.63) is 36.3 Å². The molecule has 12 heavy (non-hydrogen) atoms. The van der Waals surface area contributed by atoms with Crippen molar-refractivity contribution in [1.82, 2.24) is 9.38 Å². The van der Waals surface area contributed by atoms with Crippen molar-refractivity contribution in [3.8, 4) is 0 Å². The second kappa shape index (κ2) is 2.60. The zero-order chi connectivity index (χ0) is 8.55. The topological polar surface area (TPSA) is 37.5 Å². The summed E-state index contributed by atoms with van der Waals surface area (Å²) in [5.74, 6) is 0. The molecule has 0 fully saturated rings. The van der Waals surface area contributed by atoms with Crippen LogP contribution in [0.4, 0.5) is 0 Å². The maximum atomic E-state index is 9.35. The number of nitrogens with zero attached hydrogens (tertiary/aromatic N) is 2. The van der Waals surface area contributed by atoms with E-state index in [1.807, 2.05) is 28.8 Å². The number of hydrogen-bond donors (Lipinski definition) is 1. The second-order valence-electron chi connectivity index (χ2n) is 2.79. The maximum absolute atomic E-state index is 9.35. The van der Waals surface area contributed by atoms with Gasteiger partial charge in [-0.05, 0) is 19.1 Å². The number of hydrogen-bond acceptors (Lipinski definition) is 2. The summed E-state index contributed by atoms with van der Waals surface area (Å²) in [5.41, 5.74) is 1.69.